The zero-order chi connectivity index (χ0) is 11.3. The third kappa shape index (κ3) is 3.68. The van der Waals surface area contributed by atoms with Gasteiger partial charge < -0.3 is 4.42 Å². The van der Waals surface area contributed by atoms with Crippen LogP contribution in [0.25, 0.3) is 0 Å². The SMILES string of the molecule is C=C/C(=C\Cc1oc(C)cc1C)CCP. The second-order valence-corrected chi connectivity index (χ2v) is 4.27. The Balaban J connectivity index is 2.69. The highest BCUT2D eigenvalue weighted by molar-refractivity contribution is 7.16. The maximum Gasteiger partial charge on any atom is 0.110 e. The lowest BCUT2D eigenvalue weighted by Gasteiger charge is -1.99. The van der Waals surface area contributed by atoms with Crippen molar-refractivity contribution in [3.63, 3.8) is 0 Å². The van der Waals surface area contributed by atoms with E-state index in [0.717, 1.165) is 30.5 Å². The Morgan fingerprint density at radius 1 is 1.53 bits per heavy atom. The van der Waals surface area contributed by atoms with Gasteiger partial charge in [0.25, 0.3) is 0 Å². The largest absolute Gasteiger partial charge is 0.466 e. The van der Waals surface area contributed by atoms with Crippen LogP contribution < -0.4 is 0 Å². The van der Waals surface area contributed by atoms with E-state index in [0.29, 0.717) is 0 Å². The number of hydrogen-bond acceptors (Lipinski definition) is 1. The molecule has 0 aliphatic heterocycles. The number of furan rings is 1. The molecular formula is C13H19OP. The van der Waals surface area contributed by atoms with Gasteiger partial charge in [0.15, 0.2) is 0 Å². The molecule has 0 aromatic carbocycles. The van der Waals surface area contributed by atoms with Crippen LogP contribution in [0.3, 0.4) is 0 Å². The molecule has 1 rings (SSSR count). The monoisotopic (exact) mass is 222 g/mol. The first-order valence-corrected chi connectivity index (χ1v) is 6.06. The summed E-state index contributed by atoms with van der Waals surface area (Å²) in [5.74, 6) is 2.05. The Morgan fingerprint density at radius 3 is 2.73 bits per heavy atom. The molecule has 0 N–H and O–H groups in total. The molecule has 1 heterocycles. The predicted molar refractivity (Wildman–Crippen MR) is 69.4 cm³/mol. The molecule has 0 saturated heterocycles. The van der Waals surface area contributed by atoms with Crippen LogP contribution in [0.15, 0.2) is 34.8 Å². The molecule has 1 aromatic rings. The maximum atomic E-state index is 5.60. The fourth-order valence-electron chi connectivity index (χ4n) is 1.57. The average molecular weight is 222 g/mol. The zero-order valence-electron chi connectivity index (χ0n) is 9.55. The van der Waals surface area contributed by atoms with Crippen LogP contribution in [0, 0.1) is 13.8 Å². The summed E-state index contributed by atoms with van der Waals surface area (Å²) in [5, 5.41) is 0. The summed E-state index contributed by atoms with van der Waals surface area (Å²) in [4.78, 5) is 0. The summed E-state index contributed by atoms with van der Waals surface area (Å²) in [6.07, 6.45) is 7.13. The van der Waals surface area contributed by atoms with E-state index < -0.39 is 0 Å². The van der Waals surface area contributed by atoms with Crippen molar-refractivity contribution in [2.45, 2.75) is 26.7 Å². The lowest BCUT2D eigenvalue weighted by molar-refractivity contribution is 0.492. The minimum atomic E-state index is 0.867. The van der Waals surface area contributed by atoms with Crippen LogP contribution in [-0.2, 0) is 6.42 Å². The van der Waals surface area contributed by atoms with Gasteiger partial charge in [0, 0.05) is 6.42 Å². The molecule has 0 spiro atoms. The highest BCUT2D eigenvalue weighted by atomic mass is 31.0. The first-order valence-electron chi connectivity index (χ1n) is 5.24. The van der Waals surface area contributed by atoms with Crippen LogP contribution in [-0.4, -0.2) is 6.16 Å². The Hall–Kier alpha value is -0.810. The van der Waals surface area contributed by atoms with Crippen molar-refractivity contribution >= 4 is 9.24 Å². The van der Waals surface area contributed by atoms with E-state index in [-0.39, 0.29) is 0 Å². The Bertz CT molecular complexity index is 361. The number of aryl methyl sites for hydroxylation is 2. The van der Waals surface area contributed by atoms with Crippen LogP contribution >= 0.6 is 9.24 Å². The lowest BCUT2D eigenvalue weighted by Crippen LogP contribution is -1.85. The standard InChI is InChI=1S/C13H19OP/c1-4-12(7-8-15)5-6-13-10(2)9-11(3)14-13/h4-5,9H,1,6-8,15H2,2-3H3/b12-5+. The Morgan fingerprint density at radius 2 is 2.27 bits per heavy atom. The number of allylic oxidation sites excluding steroid dienone is 3. The van der Waals surface area contributed by atoms with Crippen molar-refractivity contribution in [3.8, 4) is 0 Å². The number of hydrogen-bond donors (Lipinski definition) is 0. The summed E-state index contributed by atoms with van der Waals surface area (Å²) in [6.45, 7) is 7.88. The summed E-state index contributed by atoms with van der Waals surface area (Å²) >= 11 is 0. The molecular weight excluding hydrogens is 203 g/mol. The third-order valence-corrected chi connectivity index (χ3v) is 2.68. The fraction of sp³-hybridized carbons (Fsp3) is 0.385. The van der Waals surface area contributed by atoms with E-state index in [1.165, 1.54) is 11.1 Å². The van der Waals surface area contributed by atoms with Gasteiger partial charge in [-0.15, -0.1) is 9.24 Å². The van der Waals surface area contributed by atoms with Crippen molar-refractivity contribution in [2.75, 3.05) is 6.16 Å². The zero-order valence-corrected chi connectivity index (χ0v) is 10.7. The van der Waals surface area contributed by atoms with E-state index in [1.807, 2.05) is 13.0 Å². The van der Waals surface area contributed by atoms with Crippen LogP contribution in [0.5, 0.6) is 0 Å². The van der Waals surface area contributed by atoms with Gasteiger partial charge in [0.2, 0.25) is 0 Å². The van der Waals surface area contributed by atoms with E-state index in [1.54, 1.807) is 0 Å². The third-order valence-electron chi connectivity index (χ3n) is 2.39. The second kappa shape index (κ2) is 5.92. The average Bonchev–Trinajstić information content (AvgIpc) is 2.52. The van der Waals surface area contributed by atoms with E-state index in [4.69, 9.17) is 4.42 Å². The normalized spacial score (nSPS) is 11.8. The first-order chi connectivity index (χ1) is 7.17. The van der Waals surface area contributed by atoms with Crippen molar-refractivity contribution < 1.29 is 4.42 Å². The van der Waals surface area contributed by atoms with Gasteiger partial charge in [-0.2, -0.15) is 0 Å². The quantitative estimate of drug-likeness (QED) is 0.545. The molecule has 15 heavy (non-hydrogen) atoms. The van der Waals surface area contributed by atoms with E-state index >= 15 is 0 Å². The second-order valence-electron chi connectivity index (χ2n) is 3.69. The molecule has 1 nitrogen and oxygen atoms in total. The van der Waals surface area contributed by atoms with Gasteiger partial charge in [0.05, 0.1) is 0 Å². The van der Waals surface area contributed by atoms with Crippen molar-refractivity contribution in [2.24, 2.45) is 0 Å². The number of rotatable bonds is 5. The summed E-state index contributed by atoms with van der Waals surface area (Å²) in [5.41, 5.74) is 2.52. The topological polar surface area (TPSA) is 13.1 Å². The summed E-state index contributed by atoms with van der Waals surface area (Å²) in [6, 6.07) is 2.08. The van der Waals surface area contributed by atoms with Crippen molar-refractivity contribution in [1.82, 2.24) is 0 Å². The van der Waals surface area contributed by atoms with Gasteiger partial charge in [-0.1, -0.05) is 24.3 Å². The van der Waals surface area contributed by atoms with Crippen molar-refractivity contribution in [1.29, 1.82) is 0 Å². The molecule has 0 saturated carbocycles. The molecule has 0 aliphatic rings. The minimum Gasteiger partial charge on any atom is -0.466 e. The van der Waals surface area contributed by atoms with Gasteiger partial charge in [-0.3, -0.25) is 0 Å². The van der Waals surface area contributed by atoms with Crippen LogP contribution in [0.4, 0.5) is 0 Å². The predicted octanol–water partition coefficient (Wildman–Crippen LogP) is 3.82. The highest BCUT2D eigenvalue weighted by Gasteiger charge is 2.02. The highest BCUT2D eigenvalue weighted by Crippen LogP contribution is 2.16. The molecule has 1 aromatic heterocycles. The van der Waals surface area contributed by atoms with Crippen molar-refractivity contribution in [3.05, 3.63) is 47.5 Å². The molecule has 0 bridgehead atoms. The molecule has 82 valence electrons. The molecule has 1 atom stereocenters. The molecule has 0 radical (unpaired) electrons. The molecule has 2 heteroatoms. The van der Waals surface area contributed by atoms with E-state index in [2.05, 4.69) is 34.9 Å². The van der Waals surface area contributed by atoms with Crippen LogP contribution in [0.1, 0.15) is 23.5 Å². The van der Waals surface area contributed by atoms with Gasteiger partial charge >= 0.3 is 0 Å². The summed E-state index contributed by atoms with van der Waals surface area (Å²) in [7, 11) is 2.73. The Labute approximate surface area is 94.5 Å². The van der Waals surface area contributed by atoms with Gasteiger partial charge in [0.1, 0.15) is 11.5 Å². The first kappa shape index (κ1) is 12.3. The molecule has 1 unspecified atom stereocenters. The molecule has 0 amide bonds. The van der Waals surface area contributed by atoms with Gasteiger partial charge in [-0.05, 0) is 38.1 Å². The fourth-order valence-corrected chi connectivity index (χ4v) is 1.90. The molecule has 0 fully saturated rings. The molecule has 0 aliphatic carbocycles. The lowest BCUT2D eigenvalue weighted by atomic mass is 10.1. The maximum absolute atomic E-state index is 5.60. The summed E-state index contributed by atoms with van der Waals surface area (Å²) < 4.78 is 5.60. The van der Waals surface area contributed by atoms with Gasteiger partial charge in [-0.25, -0.2) is 0 Å². The smallest absolute Gasteiger partial charge is 0.110 e. The Kier molecular flexibility index (Phi) is 4.84. The minimum absolute atomic E-state index is 0.867. The van der Waals surface area contributed by atoms with Crippen LogP contribution in [0.2, 0.25) is 0 Å². The van der Waals surface area contributed by atoms with E-state index in [9.17, 15) is 0 Å².